The number of carbonyl (C=O) groups is 2. The maximum Gasteiger partial charge on any atom is 0.251 e. The molecule has 2 amide bonds. The number of nitrogens with one attached hydrogen (secondary N) is 2. The van der Waals surface area contributed by atoms with Crippen LogP contribution in [-0.2, 0) is 14.3 Å². The number of ether oxygens (including phenoxy) is 4. The Labute approximate surface area is 186 Å². The quantitative estimate of drug-likeness (QED) is 0.689. The molecule has 2 aromatic rings. The topological polar surface area (TPSA) is 95.1 Å². The van der Waals surface area contributed by atoms with Gasteiger partial charge in [0.1, 0.15) is 18.0 Å². The molecule has 2 saturated heterocycles. The molecule has 0 bridgehead atoms. The van der Waals surface area contributed by atoms with Crippen LogP contribution >= 0.6 is 0 Å². The molecule has 4 atom stereocenters. The van der Waals surface area contributed by atoms with Crippen LogP contribution in [0.25, 0.3) is 0 Å². The van der Waals surface area contributed by atoms with Crippen LogP contribution in [-0.4, -0.2) is 56.4 Å². The summed E-state index contributed by atoms with van der Waals surface area (Å²) < 4.78 is 23.0. The van der Waals surface area contributed by atoms with Gasteiger partial charge in [0.05, 0.1) is 32.4 Å². The number of carbonyl (C=O) groups excluding carboxylic acids is 2. The van der Waals surface area contributed by atoms with Gasteiger partial charge in [0.15, 0.2) is 11.5 Å². The molecule has 8 heteroatoms. The van der Waals surface area contributed by atoms with Crippen molar-refractivity contribution in [3.63, 3.8) is 0 Å². The molecule has 2 aliphatic heterocycles. The largest absolute Gasteiger partial charge is 0.493 e. The van der Waals surface area contributed by atoms with E-state index >= 15 is 0 Å². The molecular weight excluding hydrogens is 412 g/mol. The van der Waals surface area contributed by atoms with E-state index in [-0.39, 0.29) is 42.0 Å². The highest BCUT2D eigenvalue weighted by Crippen LogP contribution is 2.33. The first kappa shape index (κ1) is 20.8. The Morgan fingerprint density at radius 3 is 2.28 bits per heavy atom. The summed E-state index contributed by atoms with van der Waals surface area (Å²) in [6, 6.07) is 13.8. The number of hydrogen-bond acceptors (Lipinski definition) is 6. The summed E-state index contributed by atoms with van der Waals surface area (Å²) in [5.41, 5.74) is 0.470. The van der Waals surface area contributed by atoms with Gasteiger partial charge in [-0.3, -0.25) is 9.59 Å². The molecule has 3 unspecified atom stereocenters. The van der Waals surface area contributed by atoms with E-state index in [9.17, 15) is 9.59 Å². The Bertz CT molecular complexity index is 1010. The third-order valence-electron chi connectivity index (χ3n) is 6.04. The van der Waals surface area contributed by atoms with E-state index in [1.165, 1.54) is 0 Å². The highest BCUT2D eigenvalue weighted by Gasteiger charge is 2.49. The summed E-state index contributed by atoms with van der Waals surface area (Å²) in [5.74, 6) is 1.68. The lowest BCUT2D eigenvalue weighted by Crippen LogP contribution is -2.47. The highest BCUT2D eigenvalue weighted by molar-refractivity contribution is 5.94. The molecule has 1 saturated carbocycles. The monoisotopic (exact) mass is 438 g/mol. The van der Waals surface area contributed by atoms with Crippen molar-refractivity contribution in [2.45, 2.75) is 37.1 Å². The SMILES string of the molecule is COc1ccccc1Oc1cccc(C(=O)NC2COC3C2OC[C@@H]3NC(=O)C2CC2)c1. The van der Waals surface area contributed by atoms with Crippen LogP contribution in [0.2, 0.25) is 0 Å². The molecule has 168 valence electrons. The second-order valence-electron chi connectivity index (χ2n) is 8.35. The lowest BCUT2D eigenvalue weighted by atomic mass is 10.1. The number of para-hydroxylation sites is 2. The molecule has 0 radical (unpaired) electrons. The fourth-order valence-electron chi connectivity index (χ4n) is 4.18. The minimum Gasteiger partial charge on any atom is -0.493 e. The predicted octanol–water partition coefficient (Wildman–Crippen LogP) is 2.28. The molecule has 0 aromatic heterocycles. The van der Waals surface area contributed by atoms with Crippen LogP contribution in [0.5, 0.6) is 17.2 Å². The third kappa shape index (κ3) is 4.28. The van der Waals surface area contributed by atoms with E-state index in [2.05, 4.69) is 10.6 Å². The lowest BCUT2D eigenvalue weighted by molar-refractivity contribution is -0.123. The van der Waals surface area contributed by atoms with Gasteiger partial charge in [0.25, 0.3) is 5.91 Å². The molecule has 8 nitrogen and oxygen atoms in total. The van der Waals surface area contributed by atoms with Crippen molar-refractivity contribution in [2.75, 3.05) is 20.3 Å². The number of rotatable bonds is 7. The summed E-state index contributed by atoms with van der Waals surface area (Å²) in [6.07, 6.45) is 1.37. The average molecular weight is 438 g/mol. The molecule has 3 aliphatic rings. The number of methoxy groups -OCH3 is 1. The van der Waals surface area contributed by atoms with Crippen LogP contribution in [0.1, 0.15) is 23.2 Å². The van der Waals surface area contributed by atoms with Crippen LogP contribution in [0, 0.1) is 5.92 Å². The maximum atomic E-state index is 12.9. The van der Waals surface area contributed by atoms with Crippen molar-refractivity contribution in [1.29, 1.82) is 0 Å². The number of fused-ring (bicyclic) bond motifs is 1. The van der Waals surface area contributed by atoms with Gasteiger partial charge in [0, 0.05) is 11.5 Å². The second-order valence-corrected chi connectivity index (χ2v) is 8.35. The first-order valence-electron chi connectivity index (χ1n) is 10.9. The number of hydrogen-bond donors (Lipinski definition) is 2. The molecule has 5 rings (SSSR count). The molecule has 3 fully saturated rings. The van der Waals surface area contributed by atoms with Gasteiger partial charge in [-0.15, -0.1) is 0 Å². The number of amides is 2. The lowest BCUT2D eigenvalue weighted by Gasteiger charge is -2.18. The highest BCUT2D eigenvalue weighted by atomic mass is 16.6. The normalized spacial score (nSPS) is 26.3. The van der Waals surface area contributed by atoms with Gasteiger partial charge in [-0.25, -0.2) is 0 Å². The number of benzene rings is 2. The van der Waals surface area contributed by atoms with E-state index in [0.29, 0.717) is 36.0 Å². The summed E-state index contributed by atoms with van der Waals surface area (Å²) in [6.45, 7) is 0.733. The van der Waals surface area contributed by atoms with Crippen molar-refractivity contribution < 1.29 is 28.5 Å². The van der Waals surface area contributed by atoms with Gasteiger partial charge in [-0.05, 0) is 43.2 Å². The van der Waals surface area contributed by atoms with Crippen LogP contribution in [0.3, 0.4) is 0 Å². The molecule has 2 aromatic carbocycles. The van der Waals surface area contributed by atoms with Crippen molar-refractivity contribution in [3.8, 4) is 17.2 Å². The molecule has 32 heavy (non-hydrogen) atoms. The van der Waals surface area contributed by atoms with Crippen molar-refractivity contribution >= 4 is 11.8 Å². The molecule has 2 heterocycles. The van der Waals surface area contributed by atoms with Crippen LogP contribution in [0.15, 0.2) is 48.5 Å². The average Bonchev–Trinajstić information content (AvgIpc) is 3.49. The summed E-state index contributed by atoms with van der Waals surface area (Å²) in [5, 5.41) is 6.04. The van der Waals surface area contributed by atoms with Gasteiger partial charge in [-0.1, -0.05) is 18.2 Å². The van der Waals surface area contributed by atoms with Gasteiger partial charge < -0.3 is 29.6 Å². The molecule has 2 N–H and O–H groups in total. The van der Waals surface area contributed by atoms with E-state index in [1.807, 2.05) is 18.2 Å². The third-order valence-corrected chi connectivity index (χ3v) is 6.04. The van der Waals surface area contributed by atoms with E-state index < -0.39 is 0 Å². The first-order chi connectivity index (χ1) is 15.6. The van der Waals surface area contributed by atoms with Gasteiger partial charge in [0.2, 0.25) is 5.91 Å². The fourth-order valence-corrected chi connectivity index (χ4v) is 4.18. The van der Waals surface area contributed by atoms with Crippen LogP contribution < -0.4 is 20.1 Å². The summed E-state index contributed by atoms with van der Waals surface area (Å²) in [7, 11) is 1.58. The van der Waals surface area contributed by atoms with E-state index in [1.54, 1.807) is 37.4 Å². The standard InChI is InChI=1S/C24H26N2O6/c1-29-19-7-2-3-8-20(19)32-16-6-4-5-15(11-16)24(28)26-18-13-31-21-17(12-30-22(18)21)25-23(27)14-9-10-14/h2-8,11,14,17-18,21-22H,9-10,12-13H2,1H3,(H,25,27)(H,26,28)/t17-,18?,21?,22?/m0/s1. The predicted molar refractivity (Wildman–Crippen MR) is 115 cm³/mol. The Morgan fingerprint density at radius 2 is 1.59 bits per heavy atom. The van der Waals surface area contributed by atoms with Crippen molar-refractivity contribution in [3.05, 3.63) is 54.1 Å². The van der Waals surface area contributed by atoms with Crippen LogP contribution in [0.4, 0.5) is 0 Å². The van der Waals surface area contributed by atoms with Gasteiger partial charge >= 0.3 is 0 Å². The minimum absolute atomic E-state index is 0.0715. The van der Waals surface area contributed by atoms with E-state index in [0.717, 1.165) is 12.8 Å². The zero-order valence-electron chi connectivity index (χ0n) is 17.8. The van der Waals surface area contributed by atoms with E-state index in [4.69, 9.17) is 18.9 Å². The van der Waals surface area contributed by atoms with Gasteiger partial charge in [-0.2, -0.15) is 0 Å². The summed E-state index contributed by atoms with van der Waals surface area (Å²) in [4.78, 5) is 25.0. The Hall–Kier alpha value is -3.10. The smallest absolute Gasteiger partial charge is 0.251 e. The first-order valence-corrected chi connectivity index (χ1v) is 10.9. The summed E-state index contributed by atoms with van der Waals surface area (Å²) >= 11 is 0. The molecule has 0 spiro atoms. The Kier molecular flexibility index (Phi) is 5.71. The zero-order chi connectivity index (χ0) is 22.1. The minimum atomic E-state index is -0.283. The van der Waals surface area contributed by atoms with Crippen molar-refractivity contribution in [1.82, 2.24) is 10.6 Å². The van der Waals surface area contributed by atoms with Crippen molar-refractivity contribution in [2.24, 2.45) is 5.92 Å². The molecule has 1 aliphatic carbocycles. The second kappa shape index (κ2) is 8.80. The maximum absolute atomic E-state index is 12.9. The fraction of sp³-hybridized carbons (Fsp3) is 0.417. The Morgan fingerprint density at radius 1 is 0.906 bits per heavy atom. The molecular formula is C24H26N2O6. The Balaban J connectivity index is 1.21. The zero-order valence-corrected chi connectivity index (χ0v) is 17.8.